The first-order valence-electron chi connectivity index (χ1n) is 4.86. The van der Waals surface area contributed by atoms with E-state index in [1.165, 1.54) is 0 Å². The van der Waals surface area contributed by atoms with Crippen LogP contribution < -0.4 is 0 Å². The number of benzene rings is 1. The van der Waals surface area contributed by atoms with Crippen LogP contribution in [-0.2, 0) is 5.88 Å². The second kappa shape index (κ2) is 4.38. The second-order valence-corrected chi connectivity index (χ2v) is 3.76. The summed E-state index contributed by atoms with van der Waals surface area (Å²) < 4.78 is 1.75. The Bertz CT molecular complexity index is 534. The van der Waals surface area contributed by atoms with Gasteiger partial charge in [-0.15, -0.1) is 11.6 Å². The summed E-state index contributed by atoms with van der Waals surface area (Å²) in [5, 5.41) is 12.9. The second-order valence-electron chi connectivity index (χ2n) is 3.49. The van der Waals surface area contributed by atoms with Crippen molar-refractivity contribution in [1.29, 1.82) is 5.26 Å². The van der Waals surface area contributed by atoms with E-state index in [-0.39, 0.29) is 0 Å². The average molecular weight is 232 g/mol. The maximum absolute atomic E-state index is 8.76. The molecule has 1 aromatic carbocycles. The van der Waals surface area contributed by atoms with E-state index >= 15 is 0 Å². The van der Waals surface area contributed by atoms with E-state index in [9.17, 15) is 0 Å². The zero-order valence-corrected chi connectivity index (χ0v) is 9.57. The smallest absolute Gasteiger partial charge is 0.163 e. The van der Waals surface area contributed by atoms with E-state index in [1.807, 2.05) is 37.3 Å². The van der Waals surface area contributed by atoms with Crippen LogP contribution in [0, 0.1) is 18.3 Å². The van der Waals surface area contributed by atoms with Crippen molar-refractivity contribution < 1.29 is 0 Å². The lowest BCUT2D eigenvalue weighted by molar-refractivity contribution is 0.841. The van der Waals surface area contributed by atoms with Gasteiger partial charge in [0.2, 0.25) is 0 Å². The van der Waals surface area contributed by atoms with E-state index in [0.29, 0.717) is 11.6 Å². The van der Waals surface area contributed by atoms with Crippen molar-refractivity contribution in [2.75, 3.05) is 0 Å². The summed E-state index contributed by atoms with van der Waals surface area (Å²) in [6.07, 6.45) is 0. The quantitative estimate of drug-likeness (QED) is 0.746. The molecule has 1 heterocycles. The molecule has 0 unspecified atom stereocenters. The van der Waals surface area contributed by atoms with Crippen LogP contribution in [0.3, 0.4) is 0 Å². The lowest BCUT2D eigenvalue weighted by atomic mass is 10.2. The number of aromatic nitrogens is 2. The minimum Gasteiger partial charge on any atom is -0.237 e. The molecule has 1 aromatic heterocycles. The molecule has 0 N–H and O–H groups in total. The summed E-state index contributed by atoms with van der Waals surface area (Å²) in [6.45, 7) is 1.92. The van der Waals surface area contributed by atoms with Gasteiger partial charge in [0, 0.05) is 11.6 Å². The molecule has 0 radical (unpaired) electrons. The van der Waals surface area contributed by atoms with Crippen LogP contribution in [0.1, 0.15) is 17.0 Å². The molecule has 0 amide bonds. The van der Waals surface area contributed by atoms with Gasteiger partial charge in [-0.3, -0.25) is 0 Å². The summed E-state index contributed by atoms with van der Waals surface area (Å²) in [5.74, 6) is 0.502. The third-order valence-corrected chi connectivity index (χ3v) is 2.65. The standard InChI is InChI=1S/C12H10ClN3/c1-9-6-11(8-14)15-16(9)12-4-2-10(7-13)3-5-12/h2-6H,7H2,1H3. The highest BCUT2D eigenvalue weighted by Gasteiger charge is 2.05. The molecule has 0 bridgehead atoms. The molecule has 16 heavy (non-hydrogen) atoms. The number of aryl methyl sites for hydroxylation is 1. The predicted molar refractivity (Wildman–Crippen MR) is 62.6 cm³/mol. The Morgan fingerprint density at radius 3 is 2.56 bits per heavy atom. The third-order valence-electron chi connectivity index (χ3n) is 2.34. The molecule has 0 aliphatic carbocycles. The fraction of sp³-hybridized carbons (Fsp3) is 0.167. The molecular formula is C12H10ClN3. The van der Waals surface area contributed by atoms with Gasteiger partial charge in [0.15, 0.2) is 5.69 Å². The molecule has 0 spiro atoms. The van der Waals surface area contributed by atoms with Crippen molar-refractivity contribution in [3.8, 4) is 11.8 Å². The Morgan fingerprint density at radius 1 is 1.38 bits per heavy atom. The molecule has 3 nitrogen and oxygen atoms in total. The fourth-order valence-corrected chi connectivity index (χ4v) is 1.69. The summed E-state index contributed by atoms with van der Waals surface area (Å²) in [7, 11) is 0. The molecule has 0 fully saturated rings. The molecule has 0 saturated carbocycles. The Hall–Kier alpha value is -1.79. The van der Waals surface area contributed by atoms with Crippen LogP contribution in [0.4, 0.5) is 0 Å². The predicted octanol–water partition coefficient (Wildman–Crippen LogP) is 2.79. The Morgan fingerprint density at radius 2 is 2.06 bits per heavy atom. The van der Waals surface area contributed by atoms with Crippen molar-refractivity contribution in [2.24, 2.45) is 0 Å². The molecule has 4 heteroatoms. The molecule has 0 aliphatic rings. The van der Waals surface area contributed by atoms with E-state index in [4.69, 9.17) is 16.9 Å². The van der Waals surface area contributed by atoms with Crippen LogP contribution in [0.15, 0.2) is 30.3 Å². The summed E-state index contributed by atoms with van der Waals surface area (Å²) in [6, 6.07) is 11.6. The zero-order valence-electron chi connectivity index (χ0n) is 8.81. The van der Waals surface area contributed by atoms with Gasteiger partial charge < -0.3 is 0 Å². The number of alkyl halides is 1. The number of hydrogen-bond donors (Lipinski definition) is 0. The van der Waals surface area contributed by atoms with Gasteiger partial charge in [0.1, 0.15) is 6.07 Å². The number of hydrogen-bond acceptors (Lipinski definition) is 2. The van der Waals surface area contributed by atoms with Crippen LogP contribution in [0.2, 0.25) is 0 Å². The Kier molecular flexibility index (Phi) is 2.93. The first-order valence-corrected chi connectivity index (χ1v) is 5.40. The molecular weight excluding hydrogens is 222 g/mol. The monoisotopic (exact) mass is 231 g/mol. The number of nitriles is 1. The van der Waals surface area contributed by atoms with Gasteiger partial charge in [-0.05, 0) is 30.7 Å². The summed E-state index contributed by atoms with van der Waals surface area (Å²) in [4.78, 5) is 0. The number of halogens is 1. The van der Waals surface area contributed by atoms with E-state index in [1.54, 1.807) is 10.7 Å². The van der Waals surface area contributed by atoms with Gasteiger partial charge in [-0.1, -0.05) is 12.1 Å². The Balaban J connectivity index is 2.42. The highest BCUT2D eigenvalue weighted by molar-refractivity contribution is 6.17. The van der Waals surface area contributed by atoms with Crippen LogP contribution >= 0.6 is 11.6 Å². The topological polar surface area (TPSA) is 41.6 Å². The molecule has 80 valence electrons. The van der Waals surface area contributed by atoms with Gasteiger partial charge in [0.05, 0.1) is 5.69 Å². The lowest BCUT2D eigenvalue weighted by Crippen LogP contribution is -1.98. The van der Waals surface area contributed by atoms with Crippen molar-refractivity contribution in [1.82, 2.24) is 9.78 Å². The molecule has 0 saturated heterocycles. The maximum Gasteiger partial charge on any atom is 0.163 e. The normalized spacial score (nSPS) is 10.1. The zero-order chi connectivity index (χ0) is 11.5. The molecule has 0 aliphatic heterocycles. The lowest BCUT2D eigenvalue weighted by Gasteiger charge is -2.04. The van der Waals surface area contributed by atoms with Gasteiger partial charge in [-0.2, -0.15) is 10.4 Å². The van der Waals surface area contributed by atoms with Crippen LogP contribution in [0.5, 0.6) is 0 Å². The van der Waals surface area contributed by atoms with E-state index in [2.05, 4.69) is 5.10 Å². The molecule has 0 atom stereocenters. The molecule has 2 rings (SSSR count). The SMILES string of the molecule is Cc1cc(C#N)nn1-c1ccc(CCl)cc1. The highest BCUT2D eigenvalue weighted by Crippen LogP contribution is 2.13. The van der Waals surface area contributed by atoms with Gasteiger partial charge in [0.25, 0.3) is 0 Å². The average Bonchev–Trinajstić information content (AvgIpc) is 2.71. The first-order chi connectivity index (χ1) is 7.74. The summed E-state index contributed by atoms with van der Waals surface area (Å²) in [5.41, 5.74) is 3.37. The van der Waals surface area contributed by atoms with Crippen molar-refractivity contribution in [3.05, 3.63) is 47.3 Å². The third kappa shape index (κ3) is 1.93. The first kappa shape index (κ1) is 10.7. The Labute approximate surface area is 98.9 Å². The van der Waals surface area contributed by atoms with Crippen LogP contribution in [0.25, 0.3) is 5.69 Å². The van der Waals surface area contributed by atoms with E-state index < -0.39 is 0 Å². The number of nitrogens with zero attached hydrogens (tertiary/aromatic N) is 3. The van der Waals surface area contributed by atoms with Crippen molar-refractivity contribution in [2.45, 2.75) is 12.8 Å². The fourth-order valence-electron chi connectivity index (χ4n) is 1.52. The minimum atomic E-state index is 0.430. The van der Waals surface area contributed by atoms with Gasteiger partial charge in [-0.25, -0.2) is 4.68 Å². The molecule has 2 aromatic rings. The van der Waals surface area contributed by atoms with Gasteiger partial charge >= 0.3 is 0 Å². The minimum absolute atomic E-state index is 0.430. The largest absolute Gasteiger partial charge is 0.237 e. The highest BCUT2D eigenvalue weighted by atomic mass is 35.5. The van der Waals surface area contributed by atoms with E-state index in [0.717, 1.165) is 16.9 Å². The van der Waals surface area contributed by atoms with Crippen molar-refractivity contribution in [3.63, 3.8) is 0 Å². The van der Waals surface area contributed by atoms with Crippen LogP contribution in [-0.4, -0.2) is 9.78 Å². The maximum atomic E-state index is 8.76. The van der Waals surface area contributed by atoms with Crippen molar-refractivity contribution >= 4 is 11.6 Å². The summed E-state index contributed by atoms with van der Waals surface area (Å²) >= 11 is 5.72. The number of rotatable bonds is 2.